The molecule has 0 bridgehead atoms. The second-order valence-corrected chi connectivity index (χ2v) is 10.4. The lowest BCUT2D eigenvalue weighted by Crippen LogP contribution is -2.63. The number of hydrogen-bond donors (Lipinski definition) is 5. The molecule has 0 radical (unpaired) electrons. The monoisotopic (exact) mass is 528 g/mol. The number of benzene rings is 1. The number of carbonyl (C=O) groups excluding carboxylic acids is 3. The highest BCUT2D eigenvalue weighted by molar-refractivity contribution is 5.96. The molecule has 5 N–H and O–H groups in total. The van der Waals surface area contributed by atoms with E-state index in [1.807, 2.05) is 44.2 Å². The molecule has 0 unspecified atom stereocenters. The molecule has 1 aromatic carbocycles. The summed E-state index contributed by atoms with van der Waals surface area (Å²) >= 11 is 0. The van der Waals surface area contributed by atoms with Gasteiger partial charge in [0, 0.05) is 25.1 Å². The van der Waals surface area contributed by atoms with Crippen molar-refractivity contribution in [1.29, 1.82) is 0 Å². The number of aliphatic carboxylic acids is 1. The van der Waals surface area contributed by atoms with Crippen molar-refractivity contribution in [2.75, 3.05) is 19.7 Å². The lowest BCUT2D eigenvalue weighted by molar-refractivity contribution is -0.139. The van der Waals surface area contributed by atoms with Gasteiger partial charge in [-0.3, -0.25) is 19.2 Å². The van der Waals surface area contributed by atoms with Gasteiger partial charge in [-0.15, -0.1) is 0 Å². The van der Waals surface area contributed by atoms with Crippen LogP contribution in [0, 0.1) is 5.92 Å². The zero-order valence-corrected chi connectivity index (χ0v) is 22.3. The van der Waals surface area contributed by atoms with Crippen molar-refractivity contribution in [3.05, 3.63) is 35.9 Å². The van der Waals surface area contributed by atoms with Crippen LogP contribution in [-0.2, 0) is 19.2 Å². The summed E-state index contributed by atoms with van der Waals surface area (Å²) < 4.78 is 5.97. The van der Waals surface area contributed by atoms with Crippen LogP contribution in [-0.4, -0.2) is 66.1 Å². The molecule has 38 heavy (non-hydrogen) atoms. The Labute approximate surface area is 224 Å². The van der Waals surface area contributed by atoms with Gasteiger partial charge in [0.1, 0.15) is 23.9 Å². The second-order valence-electron chi connectivity index (χ2n) is 10.4. The minimum Gasteiger partial charge on any atom is -0.492 e. The lowest BCUT2D eigenvalue weighted by Gasteiger charge is -2.33. The summed E-state index contributed by atoms with van der Waals surface area (Å²) in [6.07, 6.45) is 6.28. The van der Waals surface area contributed by atoms with E-state index in [1.54, 1.807) is 6.08 Å². The van der Waals surface area contributed by atoms with Crippen LogP contribution in [0.2, 0.25) is 0 Å². The fraction of sp³-hybridized carbons (Fsp3) is 0.571. The minimum absolute atomic E-state index is 0.0607. The minimum atomic E-state index is -1.14. The molecule has 1 saturated carbocycles. The van der Waals surface area contributed by atoms with Crippen molar-refractivity contribution in [3.8, 4) is 5.75 Å². The Morgan fingerprint density at radius 3 is 2.55 bits per heavy atom. The molecule has 1 aromatic rings. The first-order chi connectivity index (χ1) is 18.2. The first-order valence-electron chi connectivity index (χ1n) is 13.4. The third kappa shape index (κ3) is 8.31. The van der Waals surface area contributed by atoms with E-state index in [-0.39, 0.29) is 31.2 Å². The second kappa shape index (κ2) is 13.9. The number of carboxylic acid groups (broad SMARTS) is 1. The van der Waals surface area contributed by atoms with Gasteiger partial charge in [0.05, 0.1) is 6.04 Å². The molecule has 1 fully saturated rings. The van der Waals surface area contributed by atoms with Crippen molar-refractivity contribution >= 4 is 29.8 Å². The van der Waals surface area contributed by atoms with Gasteiger partial charge in [0.15, 0.2) is 0 Å². The van der Waals surface area contributed by atoms with Crippen molar-refractivity contribution in [1.82, 2.24) is 21.3 Å². The molecule has 208 valence electrons. The van der Waals surface area contributed by atoms with Crippen molar-refractivity contribution in [2.45, 2.75) is 76.4 Å². The lowest BCUT2D eigenvalue weighted by atomic mass is 9.93. The highest BCUT2D eigenvalue weighted by atomic mass is 16.5. The molecule has 3 amide bonds. The molecule has 2 aliphatic rings. The fourth-order valence-electron chi connectivity index (χ4n) is 4.91. The number of amides is 3. The molecule has 1 aliphatic carbocycles. The Balaban J connectivity index is 1.89. The number of carboxylic acids is 1. The summed E-state index contributed by atoms with van der Waals surface area (Å²) in [7, 11) is 0. The van der Waals surface area contributed by atoms with Gasteiger partial charge in [0.2, 0.25) is 17.7 Å². The average molecular weight is 529 g/mol. The number of ether oxygens (including phenoxy) is 1. The summed E-state index contributed by atoms with van der Waals surface area (Å²) in [5, 5.41) is 21.0. The Morgan fingerprint density at radius 2 is 1.84 bits per heavy atom. The molecular weight excluding hydrogens is 488 g/mol. The molecule has 1 heterocycles. The van der Waals surface area contributed by atoms with E-state index in [2.05, 4.69) is 21.3 Å². The number of para-hydroxylation sites is 1. The molecule has 10 heteroatoms. The van der Waals surface area contributed by atoms with E-state index in [4.69, 9.17) is 4.74 Å². The van der Waals surface area contributed by atoms with Gasteiger partial charge in [-0.25, -0.2) is 0 Å². The van der Waals surface area contributed by atoms with Crippen LogP contribution in [0.25, 0.3) is 6.08 Å². The van der Waals surface area contributed by atoms with Gasteiger partial charge in [-0.1, -0.05) is 57.0 Å². The normalized spacial score (nSPS) is 23.8. The number of fused-ring (bicyclic) bond motifs is 1. The van der Waals surface area contributed by atoms with E-state index in [0.29, 0.717) is 38.2 Å². The van der Waals surface area contributed by atoms with Gasteiger partial charge in [0.25, 0.3) is 0 Å². The summed E-state index contributed by atoms with van der Waals surface area (Å²) in [6, 6.07) is 5.94. The Morgan fingerprint density at radius 1 is 1.11 bits per heavy atom. The summed E-state index contributed by atoms with van der Waals surface area (Å²) in [6.45, 7) is 5.04. The van der Waals surface area contributed by atoms with Gasteiger partial charge in [-0.2, -0.15) is 0 Å². The fourth-order valence-corrected chi connectivity index (χ4v) is 4.91. The van der Waals surface area contributed by atoms with Gasteiger partial charge >= 0.3 is 5.97 Å². The molecule has 1 spiro atoms. The molecule has 2 atom stereocenters. The van der Waals surface area contributed by atoms with Crippen LogP contribution < -0.4 is 26.0 Å². The van der Waals surface area contributed by atoms with E-state index in [1.165, 1.54) is 0 Å². The van der Waals surface area contributed by atoms with Crippen LogP contribution >= 0.6 is 0 Å². The Kier molecular flexibility index (Phi) is 10.7. The predicted octanol–water partition coefficient (Wildman–Crippen LogP) is 1.99. The number of nitrogens with one attached hydrogen (secondary N) is 4. The maximum atomic E-state index is 13.5. The third-order valence-electron chi connectivity index (χ3n) is 6.91. The van der Waals surface area contributed by atoms with Crippen molar-refractivity contribution in [3.63, 3.8) is 0 Å². The first kappa shape index (κ1) is 29.2. The van der Waals surface area contributed by atoms with E-state index in [0.717, 1.165) is 18.4 Å². The van der Waals surface area contributed by atoms with E-state index in [9.17, 15) is 24.3 Å². The summed E-state index contributed by atoms with van der Waals surface area (Å²) in [5.74, 6) is -1.35. The maximum absolute atomic E-state index is 13.5. The highest BCUT2D eigenvalue weighted by Crippen LogP contribution is 2.30. The predicted molar refractivity (Wildman–Crippen MR) is 143 cm³/mol. The molecular formula is C28H40N4O6. The van der Waals surface area contributed by atoms with Crippen LogP contribution in [0.5, 0.6) is 5.75 Å². The van der Waals surface area contributed by atoms with Crippen LogP contribution in [0.3, 0.4) is 0 Å². The summed E-state index contributed by atoms with van der Waals surface area (Å²) in [4.78, 5) is 51.2. The van der Waals surface area contributed by atoms with Crippen molar-refractivity contribution in [2.24, 2.45) is 5.92 Å². The van der Waals surface area contributed by atoms with E-state index < -0.39 is 35.4 Å². The largest absolute Gasteiger partial charge is 0.492 e. The Hall–Kier alpha value is -3.40. The number of hydrogen-bond acceptors (Lipinski definition) is 6. The first-order valence-corrected chi connectivity index (χ1v) is 13.4. The zero-order valence-electron chi connectivity index (χ0n) is 22.3. The standard InChI is InChI=1S/C28H40N4O6/c1-19(2)18-22-26(36)32-28(13-5-6-14-28)27(37)31-21(11-12-24(33)34)25(35)30-15-7-9-20-8-3-4-10-23(20)38-17-16-29-22/h3-4,7-10,19,21-22,29H,5-6,11-18H2,1-2H3,(H,30,35)(H,31,37)(H,32,36)(H,33,34)/b9-7-/t21-,22-/m0/s1. The zero-order chi connectivity index (χ0) is 27.5. The topological polar surface area (TPSA) is 146 Å². The smallest absolute Gasteiger partial charge is 0.303 e. The van der Waals surface area contributed by atoms with Crippen LogP contribution in [0.1, 0.15) is 64.4 Å². The molecule has 10 nitrogen and oxygen atoms in total. The highest BCUT2D eigenvalue weighted by Gasteiger charge is 2.44. The Bertz CT molecular complexity index is 1020. The molecule has 3 rings (SSSR count). The van der Waals surface area contributed by atoms with Gasteiger partial charge in [-0.05, 0) is 37.7 Å². The summed E-state index contributed by atoms with van der Waals surface area (Å²) in [5.41, 5.74) is -0.311. The SMILES string of the molecule is CC(C)C[C@@H]1NCCOc2ccccc2/C=C\CNC(=O)[C@H](CCC(=O)O)NC(=O)C2(CCCC2)NC1=O. The van der Waals surface area contributed by atoms with Crippen LogP contribution in [0.4, 0.5) is 0 Å². The number of rotatable bonds is 5. The molecule has 1 aliphatic heterocycles. The van der Waals surface area contributed by atoms with E-state index >= 15 is 0 Å². The molecule has 0 saturated heterocycles. The quantitative estimate of drug-likeness (QED) is 0.393. The third-order valence-corrected chi connectivity index (χ3v) is 6.91. The average Bonchev–Trinajstić information content (AvgIpc) is 3.35. The van der Waals surface area contributed by atoms with Crippen molar-refractivity contribution < 1.29 is 29.0 Å². The molecule has 0 aromatic heterocycles. The van der Waals surface area contributed by atoms with Crippen LogP contribution in [0.15, 0.2) is 30.3 Å². The number of carbonyl (C=O) groups is 4. The van der Waals surface area contributed by atoms with Gasteiger partial charge < -0.3 is 31.1 Å². The maximum Gasteiger partial charge on any atom is 0.303 e.